The van der Waals surface area contributed by atoms with E-state index in [9.17, 15) is 18.0 Å². The molecule has 1 amide bonds. The maximum Gasteiger partial charge on any atom is 0.451 e. The van der Waals surface area contributed by atoms with Crippen LogP contribution in [0, 0.1) is 12.8 Å². The largest absolute Gasteiger partial charge is 0.493 e. The molecule has 0 radical (unpaired) electrons. The van der Waals surface area contributed by atoms with Crippen LogP contribution < -0.4 is 10.1 Å². The molecule has 180 valence electrons. The van der Waals surface area contributed by atoms with Gasteiger partial charge in [-0.1, -0.05) is 0 Å². The van der Waals surface area contributed by atoms with E-state index in [1.165, 1.54) is 11.3 Å². The van der Waals surface area contributed by atoms with Crippen LogP contribution in [0.2, 0.25) is 0 Å². The number of ether oxygens (including phenoxy) is 2. The Morgan fingerprint density at radius 2 is 2.00 bits per heavy atom. The second kappa shape index (κ2) is 10.1. The van der Waals surface area contributed by atoms with E-state index in [-0.39, 0.29) is 0 Å². The van der Waals surface area contributed by atoms with Crippen molar-refractivity contribution in [1.82, 2.24) is 20.3 Å². The van der Waals surface area contributed by atoms with E-state index in [4.69, 9.17) is 9.47 Å². The van der Waals surface area contributed by atoms with Gasteiger partial charge in [-0.05, 0) is 38.5 Å². The second-order valence-corrected chi connectivity index (χ2v) is 9.33. The lowest BCUT2D eigenvalue weighted by atomic mass is 10.1. The quantitative estimate of drug-likeness (QED) is 0.508. The third kappa shape index (κ3) is 5.89. The summed E-state index contributed by atoms with van der Waals surface area (Å²) in [4.78, 5) is 25.2. The van der Waals surface area contributed by atoms with Crippen molar-refractivity contribution in [2.24, 2.45) is 5.92 Å². The van der Waals surface area contributed by atoms with E-state index < -0.39 is 23.9 Å². The van der Waals surface area contributed by atoms with Crippen molar-refractivity contribution in [3.05, 3.63) is 58.6 Å². The van der Waals surface area contributed by atoms with Crippen LogP contribution in [-0.4, -0.2) is 40.7 Å². The van der Waals surface area contributed by atoms with Crippen LogP contribution in [-0.2, 0) is 10.9 Å². The minimum Gasteiger partial charge on any atom is -0.493 e. The molecular weight excluding hydrogens is 469 g/mol. The summed E-state index contributed by atoms with van der Waals surface area (Å²) in [5, 5.41) is 3.54. The topological polar surface area (TPSA) is 86.2 Å². The molecule has 1 aliphatic heterocycles. The molecular formula is C23H23F3N4O3S. The smallest absolute Gasteiger partial charge is 0.451 e. The highest BCUT2D eigenvalue weighted by Crippen LogP contribution is 2.30. The summed E-state index contributed by atoms with van der Waals surface area (Å²) < 4.78 is 49.5. The van der Waals surface area contributed by atoms with Gasteiger partial charge in [0.25, 0.3) is 5.91 Å². The molecule has 1 unspecified atom stereocenters. The number of alkyl halides is 3. The zero-order chi connectivity index (χ0) is 24.3. The van der Waals surface area contributed by atoms with Gasteiger partial charge in [0.05, 0.1) is 19.3 Å². The van der Waals surface area contributed by atoms with Crippen molar-refractivity contribution >= 4 is 17.2 Å². The lowest BCUT2D eigenvalue weighted by Crippen LogP contribution is -2.27. The Hall–Kier alpha value is -3.05. The Kier molecular flexibility index (Phi) is 7.13. The normalized spacial score (nSPS) is 16.9. The van der Waals surface area contributed by atoms with Gasteiger partial charge >= 0.3 is 6.18 Å². The monoisotopic (exact) mass is 492 g/mol. The molecule has 1 aliphatic rings. The van der Waals surface area contributed by atoms with Crippen LogP contribution in [0.25, 0.3) is 10.6 Å². The van der Waals surface area contributed by atoms with Gasteiger partial charge in [0.2, 0.25) is 5.82 Å². The van der Waals surface area contributed by atoms with Gasteiger partial charge in [0.1, 0.15) is 10.8 Å². The number of thiazole rings is 1. The van der Waals surface area contributed by atoms with Crippen LogP contribution in [0.4, 0.5) is 13.2 Å². The van der Waals surface area contributed by atoms with Crippen molar-refractivity contribution in [3.63, 3.8) is 0 Å². The van der Waals surface area contributed by atoms with E-state index in [2.05, 4.69) is 20.3 Å². The Bertz CT molecular complexity index is 1150. The Labute approximate surface area is 198 Å². The minimum atomic E-state index is -4.62. The molecule has 11 heteroatoms. The lowest BCUT2D eigenvalue weighted by Gasteiger charge is -2.16. The number of hydrogen-bond acceptors (Lipinski definition) is 7. The van der Waals surface area contributed by atoms with Gasteiger partial charge < -0.3 is 14.8 Å². The fourth-order valence-corrected chi connectivity index (χ4v) is 4.18. The average molecular weight is 493 g/mol. The number of carbonyl (C=O) groups is 1. The van der Waals surface area contributed by atoms with E-state index >= 15 is 0 Å². The summed E-state index contributed by atoms with van der Waals surface area (Å²) in [5.41, 5.74) is 1.45. The summed E-state index contributed by atoms with van der Waals surface area (Å²) in [6, 6.07) is 4.60. The first kappa shape index (κ1) is 24.1. The molecule has 1 fully saturated rings. The highest BCUT2D eigenvalue weighted by Gasteiger charge is 2.34. The van der Waals surface area contributed by atoms with E-state index in [1.54, 1.807) is 25.3 Å². The van der Waals surface area contributed by atoms with Gasteiger partial charge in [0, 0.05) is 52.7 Å². The maximum absolute atomic E-state index is 13.0. The molecule has 2 atom stereocenters. The molecule has 0 spiro atoms. The molecule has 1 saturated heterocycles. The van der Waals surface area contributed by atoms with Crippen molar-refractivity contribution in [2.45, 2.75) is 32.5 Å². The van der Waals surface area contributed by atoms with Gasteiger partial charge in [-0.25, -0.2) is 15.0 Å². The van der Waals surface area contributed by atoms with E-state index in [1.807, 2.05) is 13.0 Å². The third-order valence-corrected chi connectivity index (χ3v) is 6.28. The Morgan fingerprint density at radius 1 is 1.24 bits per heavy atom. The molecule has 2 aromatic heterocycles. The van der Waals surface area contributed by atoms with Crippen LogP contribution in [0.3, 0.4) is 0 Å². The summed E-state index contributed by atoms with van der Waals surface area (Å²) in [6.07, 6.45) is 0.184. The summed E-state index contributed by atoms with van der Waals surface area (Å²) in [5.74, 6) is -0.803. The van der Waals surface area contributed by atoms with Gasteiger partial charge in [0.15, 0.2) is 0 Å². The lowest BCUT2D eigenvalue weighted by molar-refractivity contribution is -0.145. The number of carbonyl (C=O) groups excluding carboxylic acids is 1. The number of nitrogens with one attached hydrogen (secondary N) is 1. The maximum atomic E-state index is 13.0. The number of hydrogen-bond donors (Lipinski definition) is 1. The van der Waals surface area contributed by atoms with Crippen LogP contribution in [0.5, 0.6) is 5.75 Å². The molecule has 0 saturated carbocycles. The number of nitrogens with zero attached hydrogens (tertiary/aromatic N) is 3. The fraction of sp³-hybridized carbons (Fsp3) is 0.391. The van der Waals surface area contributed by atoms with Crippen molar-refractivity contribution in [1.29, 1.82) is 0 Å². The molecule has 0 aliphatic carbocycles. The molecule has 1 aromatic carbocycles. The van der Waals surface area contributed by atoms with Crippen LogP contribution in [0.15, 0.2) is 36.8 Å². The number of halogens is 3. The number of aromatic nitrogens is 3. The first-order chi connectivity index (χ1) is 16.2. The minimum absolute atomic E-state index is 0.294. The Morgan fingerprint density at radius 3 is 2.62 bits per heavy atom. The number of amides is 1. The SMILES string of the molecule is Cc1cnc(-c2cc(OC[C@H]3CCOC3)cc(C(=O)NC(C)c3cnc(C(F)(F)F)nc3)c2)s1. The zero-order valence-corrected chi connectivity index (χ0v) is 19.4. The number of rotatable bonds is 7. The molecule has 1 N–H and O–H groups in total. The first-order valence-electron chi connectivity index (χ1n) is 10.7. The van der Waals surface area contributed by atoms with E-state index in [0.717, 1.165) is 34.3 Å². The molecule has 3 aromatic rings. The first-order valence-corrected chi connectivity index (χ1v) is 11.5. The predicted molar refractivity (Wildman–Crippen MR) is 120 cm³/mol. The van der Waals surface area contributed by atoms with Gasteiger partial charge in [-0.15, -0.1) is 11.3 Å². The average Bonchev–Trinajstić information content (AvgIpc) is 3.49. The third-order valence-electron chi connectivity index (χ3n) is 5.32. The van der Waals surface area contributed by atoms with Crippen molar-refractivity contribution in [2.75, 3.05) is 19.8 Å². The molecule has 4 rings (SSSR count). The highest BCUT2D eigenvalue weighted by molar-refractivity contribution is 7.14. The van der Waals surface area contributed by atoms with Crippen LogP contribution >= 0.6 is 11.3 Å². The van der Waals surface area contributed by atoms with Gasteiger partial charge in [-0.3, -0.25) is 4.79 Å². The molecule has 0 bridgehead atoms. The number of benzene rings is 1. The van der Waals surface area contributed by atoms with Crippen molar-refractivity contribution < 1.29 is 27.4 Å². The summed E-state index contributed by atoms with van der Waals surface area (Å²) >= 11 is 1.50. The summed E-state index contributed by atoms with van der Waals surface area (Å²) in [7, 11) is 0. The standard InChI is InChI=1S/C23H23F3N4O3S/c1-13-8-27-21(34-13)17-5-16(6-19(7-17)33-12-15-3-4-32-11-15)20(31)30-14(2)18-9-28-22(29-10-18)23(24,25)26/h5-10,14-15H,3-4,11-12H2,1-2H3,(H,30,31)/t14?,15-/m0/s1. The fourth-order valence-electron chi connectivity index (χ4n) is 3.43. The second-order valence-electron chi connectivity index (χ2n) is 8.10. The predicted octanol–water partition coefficient (Wildman–Crippen LogP) is 4.83. The van der Waals surface area contributed by atoms with E-state index in [0.29, 0.717) is 42.6 Å². The number of aryl methyl sites for hydroxylation is 1. The Balaban J connectivity index is 1.53. The molecule has 7 nitrogen and oxygen atoms in total. The highest BCUT2D eigenvalue weighted by atomic mass is 32.1. The van der Waals surface area contributed by atoms with Crippen molar-refractivity contribution in [3.8, 4) is 16.3 Å². The zero-order valence-electron chi connectivity index (χ0n) is 18.6. The molecule has 34 heavy (non-hydrogen) atoms. The van der Waals surface area contributed by atoms with Crippen LogP contribution in [0.1, 0.15) is 46.0 Å². The molecule has 3 heterocycles. The van der Waals surface area contributed by atoms with Gasteiger partial charge in [-0.2, -0.15) is 13.2 Å². The summed E-state index contributed by atoms with van der Waals surface area (Å²) in [6.45, 7) is 5.43.